The first-order chi connectivity index (χ1) is 5.95. The molecule has 3 nitrogen and oxygen atoms in total. The van der Waals surface area contributed by atoms with E-state index in [2.05, 4.69) is 11.6 Å². The minimum atomic E-state index is -3.02. The molecule has 0 bridgehead atoms. The van der Waals surface area contributed by atoms with Crippen LogP contribution in [0.2, 0.25) is 0 Å². The van der Waals surface area contributed by atoms with Crippen molar-refractivity contribution in [3.8, 4) is 0 Å². The molecule has 0 amide bonds. The first-order valence-electron chi connectivity index (χ1n) is 4.93. The summed E-state index contributed by atoms with van der Waals surface area (Å²) < 4.78 is 24.2. The number of nitrogens with one attached hydrogen (secondary N) is 1. The summed E-state index contributed by atoms with van der Waals surface area (Å²) in [5.41, 5.74) is 0. The first-order valence-corrected chi connectivity index (χ1v) is 6.82. The second-order valence-corrected chi connectivity index (χ2v) is 5.42. The zero-order valence-electron chi connectivity index (χ0n) is 8.84. The van der Waals surface area contributed by atoms with Gasteiger partial charge in [0.15, 0.2) is 0 Å². The van der Waals surface area contributed by atoms with Gasteiger partial charge in [-0.15, -0.1) is 0 Å². The molecule has 0 aromatic rings. The number of rotatable bonds is 7. The predicted molar refractivity (Wildman–Crippen MR) is 56.2 cm³/mol. The van der Waals surface area contributed by atoms with E-state index in [9.17, 15) is 8.42 Å². The molecule has 80 valence electrons. The van der Waals surface area contributed by atoms with E-state index in [1.54, 1.807) is 0 Å². The van der Waals surface area contributed by atoms with Crippen LogP contribution in [0.25, 0.3) is 0 Å². The molecule has 4 heteroatoms. The lowest BCUT2D eigenvalue weighted by molar-refractivity contribution is 0.525. The lowest BCUT2D eigenvalue weighted by Crippen LogP contribution is -2.31. The van der Waals surface area contributed by atoms with E-state index in [4.69, 9.17) is 0 Å². The maximum absolute atomic E-state index is 10.8. The SMILES string of the molecule is CCCCCCC(C)NS(C)(=O)=O. The van der Waals surface area contributed by atoms with Gasteiger partial charge in [0.2, 0.25) is 10.0 Å². The maximum Gasteiger partial charge on any atom is 0.208 e. The molecule has 0 aliphatic heterocycles. The van der Waals surface area contributed by atoms with Crippen molar-refractivity contribution in [2.24, 2.45) is 0 Å². The van der Waals surface area contributed by atoms with E-state index < -0.39 is 10.0 Å². The Hall–Kier alpha value is -0.0900. The van der Waals surface area contributed by atoms with Crippen LogP contribution in [0.3, 0.4) is 0 Å². The fraction of sp³-hybridized carbons (Fsp3) is 1.00. The molecular formula is C9H21NO2S. The second-order valence-electron chi connectivity index (χ2n) is 3.64. The average molecular weight is 207 g/mol. The highest BCUT2D eigenvalue weighted by molar-refractivity contribution is 7.88. The van der Waals surface area contributed by atoms with Crippen LogP contribution >= 0.6 is 0 Å². The Morgan fingerprint density at radius 1 is 1.23 bits per heavy atom. The van der Waals surface area contributed by atoms with E-state index in [1.165, 1.54) is 25.5 Å². The van der Waals surface area contributed by atoms with Crippen LogP contribution < -0.4 is 4.72 Å². The first kappa shape index (κ1) is 12.9. The molecule has 0 aliphatic rings. The summed E-state index contributed by atoms with van der Waals surface area (Å²) in [5, 5.41) is 0. The highest BCUT2D eigenvalue weighted by atomic mass is 32.2. The van der Waals surface area contributed by atoms with E-state index in [0.29, 0.717) is 0 Å². The summed E-state index contributed by atoms with van der Waals surface area (Å²) in [6, 6.07) is 0.0758. The summed E-state index contributed by atoms with van der Waals surface area (Å²) in [4.78, 5) is 0. The maximum atomic E-state index is 10.8. The molecule has 0 radical (unpaired) electrons. The Morgan fingerprint density at radius 3 is 2.31 bits per heavy atom. The quantitative estimate of drug-likeness (QED) is 0.648. The van der Waals surface area contributed by atoms with Gasteiger partial charge in [-0.05, 0) is 13.3 Å². The number of unbranched alkanes of at least 4 members (excludes halogenated alkanes) is 3. The predicted octanol–water partition coefficient (Wildman–Crippen LogP) is 1.89. The Morgan fingerprint density at radius 2 is 1.85 bits per heavy atom. The molecule has 13 heavy (non-hydrogen) atoms. The van der Waals surface area contributed by atoms with Crippen molar-refractivity contribution in [2.75, 3.05) is 6.26 Å². The highest BCUT2D eigenvalue weighted by Crippen LogP contribution is 2.05. The van der Waals surface area contributed by atoms with Crippen molar-refractivity contribution < 1.29 is 8.42 Å². The average Bonchev–Trinajstić information content (AvgIpc) is 1.94. The van der Waals surface area contributed by atoms with Crippen molar-refractivity contribution in [1.82, 2.24) is 4.72 Å². The smallest absolute Gasteiger partial charge is 0.208 e. The van der Waals surface area contributed by atoms with Gasteiger partial charge in [0.25, 0.3) is 0 Å². The topological polar surface area (TPSA) is 46.2 Å². The third kappa shape index (κ3) is 9.83. The van der Waals surface area contributed by atoms with Crippen LogP contribution in [-0.4, -0.2) is 20.7 Å². The number of hydrogen-bond donors (Lipinski definition) is 1. The van der Waals surface area contributed by atoms with Gasteiger partial charge < -0.3 is 0 Å². The third-order valence-corrected chi connectivity index (χ3v) is 2.74. The van der Waals surface area contributed by atoms with Gasteiger partial charge in [-0.3, -0.25) is 0 Å². The van der Waals surface area contributed by atoms with E-state index in [-0.39, 0.29) is 6.04 Å². The Bertz CT molecular complexity index is 212. The molecule has 1 N–H and O–H groups in total. The molecule has 0 heterocycles. The molecular weight excluding hydrogens is 186 g/mol. The summed E-state index contributed by atoms with van der Waals surface area (Å²) in [5.74, 6) is 0. The van der Waals surface area contributed by atoms with Crippen LogP contribution in [0, 0.1) is 0 Å². The van der Waals surface area contributed by atoms with E-state index >= 15 is 0 Å². The monoisotopic (exact) mass is 207 g/mol. The van der Waals surface area contributed by atoms with Gasteiger partial charge in [-0.2, -0.15) is 0 Å². The van der Waals surface area contributed by atoms with Crippen LogP contribution in [-0.2, 0) is 10.0 Å². The Kier molecular flexibility index (Phi) is 6.33. The number of hydrogen-bond acceptors (Lipinski definition) is 2. The molecule has 0 spiro atoms. The molecule has 0 saturated carbocycles. The summed E-state index contributed by atoms with van der Waals surface area (Å²) in [7, 11) is -3.02. The summed E-state index contributed by atoms with van der Waals surface area (Å²) >= 11 is 0. The van der Waals surface area contributed by atoms with Gasteiger partial charge in [0.1, 0.15) is 0 Å². The van der Waals surface area contributed by atoms with Gasteiger partial charge in [-0.25, -0.2) is 13.1 Å². The summed E-state index contributed by atoms with van der Waals surface area (Å²) in [6.45, 7) is 4.07. The van der Waals surface area contributed by atoms with Gasteiger partial charge >= 0.3 is 0 Å². The second kappa shape index (κ2) is 6.38. The van der Waals surface area contributed by atoms with Crippen LogP contribution in [0.4, 0.5) is 0 Å². The van der Waals surface area contributed by atoms with Crippen molar-refractivity contribution in [3.05, 3.63) is 0 Å². The molecule has 0 aliphatic carbocycles. The molecule has 0 saturated heterocycles. The van der Waals surface area contributed by atoms with Gasteiger partial charge in [0, 0.05) is 6.04 Å². The molecule has 0 rings (SSSR count). The molecule has 1 atom stereocenters. The highest BCUT2D eigenvalue weighted by Gasteiger charge is 2.07. The fourth-order valence-corrected chi connectivity index (χ4v) is 2.15. The number of sulfonamides is 1. The fourth-order valence-electron chi connectivity index (χ4n) is 1.30. The molecule has 0 aromatic heterocycles. The van der Waals surface area contributed by atoms with Gasteiger partial charge in [-0.1, -0.05) is 32.6 Å². The Balaban J connectivity index is 3.47. The van der Waals surface area contributed by atoms with E-state index in [0.717, 1.165) is 12.8 Å². The van der Waals surface area contributed by atoms with E-state index in [1.807, 2.05) is 6.92 Å². The molecule has 0 aromatic carbocycles. The lowest BCUT2D eigenvalue weighted by Gasteiger charge is -2.11. The minimum absolute atomic E-state index is 0.0758. The van der Waals surface area contributed by atoms with Crippen LogP contribution in [0.5, 0.6) is 0 Å². The zero-order valence-corrected chi connectivity index (χ0v) is 9.65. The molecule has 0 fully saturated rings. The summed E-state index contributed by atoms with van der Waals surface area (Å²) in [6.07, 6.45) is 6.91. The zero-order chi connectivity index (χ0) is 10.3. The van der Waals surface area contributed by atoms with Crippen molar-refractivity contribution >= 4 is 10.0 Å². The van der Waals surface area contributed by atoms with Crippen molar-refractivity contribution in [3.63, 3.8) is 0 Å². The third-order valence-electron chi connectivity index (χ3n) is 1.91. The van der Waals surface area contributed by atoms with Crippen molar-refractivity contribution in [1.29, 1.82) is 0 Å². The standard InChI is InChI=1S/C9H21NO2S/c1-4-5-6-7-8-9(2)10-13(3,11)12/h9-10H,4-8H2,1-3H3. The largest absolute Gasteiger partial charge is 0.213 e. The normalized spacial score (nSPS) is 14.4. The van der Waals surface area contributed by atoms with Crippen molar-refractivity contribution in [2.45, 2.75) is 52.0 Å². The molecule has 1 unspecified atom stereocenters. The Labute approximate surface area is 82.0 Å². The minimum Gasteiger partial charge on any atom is -0.213 e. The van der Waals surface area contributed by atoms with Crippen LogP contribution in [0.15, 0.2) is 0 Å². The lowest BCUT2D eigenvalue weighted by atomic mass is 10.1. The van der Waals surface area contributed by atoms with Crippen LogP contribution in [0.1, 0.15) is 46.0 Å². The van der Waals surface area contributed by atoms with Gasteiger partial charge in [0.05, 0.1) is 6.26 Å².